The van der Waals surface area contributed by atoms with Crippen molar-refractivity contribution in [3.05, 3.63) is 59.8 Å². The van der Waals surface area contributed by atoms with E-state index in [1.165, 1.54) is 7.11 Å². The van der Waals surface area contributed by atoms with Gasteiger partial charge in [-0.15, -0.1) is 0 Å². The molecule has 4 heterocycles. The summed E-state index contributed by atoms with van der Waals surface area (Å²) in [4.78, 5) is 29.3. The fraction of sp³-hybridized carbons (Fsp3) is 0.333. The molecule has 166 valence electrons. The first kappa shape index (κ1) is 20.4. The van der Waals surface area contributed by atoms with Crippen LogP contribution in [0, 0.1) is 5.92 Å². The first-order valence-electron chi connectivity index (χ1n) is 10.5. The Balaban J connectivity index is 0.000000199. The van der Waals surface area contributed by atoms with Crippen LogP contribution in [0.2, 0.25) is 0 Å². The molecule has 8 nitrogen and oxygen atoms in total. The third-order valence-corrected chi connectivity index (χ3v) is 6.35. The minimum absolute atomic E-state index is 0.0000975. The number of nitrogens with one attached hydrogen (secondary N) is 1. The number of hydrogen-bond donors (Lipinski definition) is 2. The molecule has 2 aromatic carbocycles. The second kappa shape index (κ2) is 8.20. The molecule has 3 unspecified atom stereocenters. The Morgan fingerprint density at radius 2 is 1.78 bits per heavy atom. The minimum atomic E-state index is -0.901. The maximum atomic E-state index is 12.4. The molecule has 1 saturated heterocycles. The average molecular weight is 436 g/mol. The molecule has 3 atom stereocenters. The van der Waals surface area contributed by atoms with Gasteiger partial charge in [0.15, 0.2) is 11.5 Å². The summed E-state index contributed by atoms with van der Waals surface area (Å²) in [5, 5.41) is 11.7. The summed E-state index contributed by atoms with van der Waals surface area (Å²) in [5.74, 6) is 0.283. The summed E-state index contributed by atoms with van der Waals surface area (Å²) in [6, 6.07) is 15.2. The predicted octanol–water partition coefficient (Wildman–Crippen LogP) is 2.39. The summed E-state index contributed by atoms with van der Waals surface area (Å²) in [5.41, 5.74) is 3.17. The zero-order chi connectivity index (χ0) is 22.2. The number of aliphatic hydroxyl groups excluding tert-OH is 1. The van der Waals surface area contributed by atoms with Gasteiger partial charge in [0.1, 0.15) is 0 Å². The first-order valence-corrected chi connectivity index (χ1v) is 10.5. The largest absolute Gasteiger partial charge is 0.469 e. The number of esters is 1. The molecule has 32 heavy (non-hydrogen) atoms. The second-order valence-corrected chi connectivity index (χ2v) is 8.10. The average Bonchev–Trinajstić information content (AvgIpc) is 3.44. The first-order chi connectivity index (χ1) is 15.6. The van der Waals surface area contributed by atoms with Gasteiger partial charge in [-0.3, -0.25) is 9.59 Å². The van der Waals surface area contributed by atoms with E-state index in [1.54, 1.807) is 4.90 Å². The number of aromatic amines is 1. The zero-order valence-corrected chi connectivity index (χ0v) is 17.6. The highest BCUT2D eigenvalue weighted by Crippen LogP contribution is 2.36. The maximum Gasteiger partial charge on any atom is 0.311 e. The van der Waals surface area contributed by atoms with Crippen LogP contribution in [0.3, 0.4) is 0 Å². The Hall–Kier alpha value is -3.52. The van der Waals surface area contributed by atoms with E-state index in [0.717, 1.165) is 33.7 Å². The lowest BCUT2D eigenvalue weighted by molar-refractivity contribution is -0.165. The van der Waals surface area contributed by atoms with Crippen molar-refractivity contribution in [1.82, 2.24) is 9.88 Å². The molecular formula is C24H24N2O6. The number of methoxy groups -OCH3 is 1. The van der Waals surface area contributed by atoms with Crippen molar-refractivity contribution in [2.45, 2.75) is 31.5 Å². The summed E-state index contributed by atoms with van der Waals surface area (Å²) >= 11 is 0. The highest BCUT2D eigenvalue weighted by molar-refractivity contribution is 5.88. The smallest absolute Gasteiger partial charge is 0.311 e. The van der Waals surface area contributed by atoms with E-state index < -0.39 is 18.0 Å². The van der Waals surface area contributed by atoms with Gasteiger partial charge >= 0.3 is 5.97 Å². The fourth-order valence-electron chi connectivity index (χ4n) is 4.72. The SMILES string of the molecule is COC(=O)C1CC(=O)N2Cc3[nH]c4ccccc4c3CC2C1O.c1ccc2c(c1)OCO2. The summed E-state index contributed by atoms with van der Waals surface area (Å²) in [6.45, 7) is 0.803. The number of piperidine rings is 1. The van der Waals surface area contributed by atoms with Crippen LogP contribution in [0.4, 0.5) is 0 Å². The Bertz CT molecular complexity index is 1150. The number of amides is 1. The molecule has 0 bridgehead atoms. The number of fused-ring (bicyclic) bond motifs is 5. The molecule has 0 radical (unpaired) electrons. The Morgan fingerprint density at radius 1 is 1.09 bits per heavy atom. The van der Waals surface area contributed by atoms with Gasteiger partial charge < -0.3 is 29.2 Å². The number of aromatic nitrogens is 1. The number of aliphatic hydroxyl groups is 1. The molecule has 8 heteroatoms. The number of carbonyl (C=O) groups excluding carboxylic acids is 2. The normalized spacial score (nSPS) is 23.1. The van der Waals surface area contributed by atoms with Crippen LogP contribution in [-0.4, -0.2) is 52.9 Å². The standard InChI is InChI=1S/C17H18N2O4.C7H6O2/c1-23-17(22)11-7-15(20)19-8-13-10(6-14(19)16(11)21)9-4-2-3-5-12(9)18-13;1-2-4-7-6(3-1)8-5-9-7/h2-5,11,14,16,18,21H,6-8H2,1H3;1-4H,5H2. The molecule has 2 N–H and O–H groups in total. The molecule has 6 rings (SSSR count). The van der Waals surface area contributed by atoms with Crippen LogP contribution < -0.4 is 9.47 Å². The fourth-order valence-corrected chi connectivity index (χ4v) is 4.72. The summed E-state index contributed by atoms with van der Waals surface area (Å²) in [6.07, 6.45) is -0.360. The number of para-hydroxylation sites is 3. The number of H-pyrrole nitrogens is 1. The van der Waals surface area contributed by atoms with Crippen LogP contribution in [0.15, 0.2) is 48.5 Å². The second-order valence-electron chi connectivity index (χ2n) is 8.10. The van der Waals surface area contributed by atoms with Crippen LogP contribution in [-0.2, 0) is 27.3 Å². The quantitative estimate of drug-likeness (QED) is 0.568. The van der Waals surface area contributed by atoms with Gasteiger partial charge in [0.25, 0.3) is 0 Å². The molecule has 3 aromatic rings. The Kier molecular flexibility index (Phi) is 5.22. The highest BCUT2D eigenvalue weighted by atomic mass is 16.7. The summed E-state index contributed by atoms with van der Waals surface area (Å²) in [7, 11) is 1.28. The minimum Gasteiger partial charge on any atom is -0.469 e. The molecule has 1 aromatic heterocycles. The lowest BCUT2D eigenvalue weighted by atomic mass is 9.81. The Morgan fingerprint density at radius 3 is 2.50 bits per heavy atom. The molecule has 1 fully saturated rings. The van der Waals surface area contributed by atoms with Crippen LogP contribution in [0.5, 0.6) is 11.5 Å². The monoisotopic (exact) mass is 436 g/mol. The van der Waals surface area contributed by atoms with E-state index in [4.69, 9.17) is 14.2 Å². The molecule has 3 aliphatic heterocycles. The molecule has 1 amide bonds. The van der Waals surface area contributed by atoms with Crippen molar-refractivity contribution in [2.24, 2.45) is 5.92 Å². The van der Waals surface area contributed by atoms with Crippen molar-refractivity contribution >= 4 is 22.8 Å². The van der Waals surface area contributed by atoms with Gasteiger partial charge in [-0.25, -0.2) is 0 Å². The molecule has 0 saturated carbocycles. The number of benzene rings is 2. The van der Waals surface area contributed by atoms with E-state index in [-0.39, 0.29) is 18.4 Å². The maximum absolute atomic E-state index is 12.4. The van der Waals surface area contributed by atoms with Gasteiger partial charge in [0, 0.05) is 23.0 Å². The third kappa shape index (κ3) is 3.46. The summed E-state index contributed by atoms with van der Waals surface area (Å²) < 4.78 is 14.9. The molecular weight excluding hydrogens is 412 g/mol. The van der Waals surface area contributed by atoms with E-state index in [2.05, 4.69) is 4.98 Å². The highest BCUT2D eigenvalue weighted by Gasteiger charge is 2.47. The van der Waals surface area contributed by atoms with E-state index in [0.29, 0.717) is 19.8 Å². The zero-order valence-electron chi connectivity index (χ0n) is 17.6. The van der Waals surface area contributed by atoms with Crippen LogP contribution >= 0.6 is 0 Å². The van der Waals surface area contributed by atoms with Gasteiger partial charge in [-0.1, -0.05) is 30.3 Å². The van der Waals surface area contributed by atoms with Crippen LogP contribution in [0.25, 0.3) is 10.9 Å². The van der Waals surface area contributed by atoms with Crippen molar-refractivity contribution in [2.75, 3.05) is 13.9 Å². The lowest BCUT2D eigenvalue weighted by Gasteiger charge is -2.44. The number of ether oxygens (including phenoxy) is 3. The van der Waals surface area contributed by atoms with E-state index >= 15 is 0 Å². The van der Waals surface area contributed by atoms with Crippen molar-refractivity contribution in [3.63, 3.8) is 0 Å². The number of rotatable bonds is 1. The number of hydrogen-bond acceptors (Lipinski definition) is 6. The molecule has 3 aliphatic rings. The number of nitrogens with zero attached hydrogens (tertiary/aromatic N) is 1. The van der Waals surface area contributed by atoms with Crippen molar-refractivity contribution in [1.29, 1.82) is 0 Å². The van der Waals surface area contributed by atoms with Gasteiger partial charge in [-0.05, 0) is 30.2 Å². The van der Waals surface area contributed by atoms with Crippen LogP contribution in [0.1, 0.15) is 17.7 Å². The Labute approximate surface area is 184 Å². The number of carbonyl (C=O) groups is 2. The molecule has 0 aliphatic carbocycles. The molecule has 0 spiro atoms. The van der Waals surface area contributed by atoms with E-state index in [1.807, 2.05) is 48.5 Å². The van der Waals surface area contributed by atoms with Gasteiger partial charge in [0.05, 0.1) is 31.7 Å². The topological polar surface area (TPSA) is 101 Å². The van der Waals surface area contributed by atoms with Gasteiger partial charge in [-0.2, -0.15) is 0 Å². The third-order valence-electron chi connectivity index (χ3n) is 6.35. The van der Waals surface area contributed by atoms with Crippen molar-refractivity contribution < 1.29 is 28.9 Å². The predicted molar refractivity (Wildman–Crippen MR) is 115 cm³/mol. The lowest BCUT2D eigenvalue weighted by Crippen LogP contribution is -2.58. The van der Waals surface area contributed by atoms with Gasteiger partial charge in [0.2, 0.25) is 12.7 Å². The van der Waals surface area contributed by atoms with Crippen molar-refractivity contribution in [3.8, 4) is 11.5 Å². The van der Waals surface area contributed by atoms with E-state index in [9.17, 15) is 14.7 Å².